The molecule has 3 aromatic rings. The number of carbonyl (C=O) groups is 1. The van der Waals surface area contributed by atoms with Crippen molar-refractivity contribution in [3.63, 3.8) is 0 Å². The van der Waals surface area contributed by atoms with Gasteiger partial charge >= 0.3 is 0 Å². The molecule has 0 unspecified atom stereocenters. The lowest BCUT2D eigenvalue weighted by atomic mass is 10.1. The maximum atomic E-state index is 13.0. The number of benzene rings is 2. The predicted molar refractivity (Wildman–Crippen MR) is 91.1 cm³/mol. The molecule has 0 N–H and O–H groups in total. The lowest BCUT2D eigenvalue weighted by Gasteiger charge is -2.23. The normalized spacial score (nSPS) is 13.9. The van der Waals surface area contributed by atoms with Crippen LogP contribution >= 0.6 is 0 Å². The van der Waals surface area contributed by atoms with E-state index in [1.54, 1.807) is 12.4 Å². The van der Waals surface area contributed by atoms with Crippen LogP contribution < -0.4 is 0 Å². The maximum absolute atomic E-state index is 13.0. The number of hydrogen-bond donors (Lipinski definition) is 0. The van der Waals surface area contributed by atoms with Crippen molar-refractivity contribution in [2.45, 2.75) is 25.4 Å². The van der Waals surface area contributed by atoms with Gasteiger partial charge < -0.3 is 4.90 Å². The van der Waals surface area contributed by atoms with Crippen LogP contribution in [0.5, 0.6) is 0 Å². The number of hydrogen-bond acceptors (Lipinski definition) is 2. The number of fused-ring (bicyclic) bond motifs is 1. The Balaban J connectivity index is 1.63. The average molecular weight is 302 g/mol. The van der Waals surface area contributed by atoms with E-state index in [-0.39, 0.29) is 5.91 Å². The number of pyridine rings is 1. The van der Waals surface area contributed by atoms with Crippen LogP contribution in [0, 0.1) is 0 Å². The van der Waals surface area contributed by atoms with Gasteiger partial charge in [-0.2, -0.15) is 0 Å². The monoisotopic (exact) mass is 302 g/mol. The van der Waals surface area contributed by atoms with Crippen molar-refractivity contribution < 1.29 is 4.79 Å². The highest BCUT2D eigenvalue weighted by Gasteiger charge is 2.33. The molecule has 0 bridgehead atoms. The molecule has 1 aromatic heterocycles. The molecule has 3 heteroatoms. The van der Waals surface area contributed by atoms with E-state index < -0.39 is 0 Å². The van der Waals surface area contributed by atoms with Gasteiger partial charge in [-0.25, -0.2) is 0 Å². The van der Waals surface area contributed by atoms with E-state index in [0.717, 1.165) is 34.7 Å². The molecule has 0 aliphatic heterocycles. The minimum Gasteiger partial charge on any atom is -0.331 e. The summed E-state index contributed by atoms with van der Waals surface area (Å²) in [5.74, 6) is 0.120. The summed E-state index contributed by atoms with van der Waals surface area (Å²) in [7, 11) is 0. The molecule has 1 fully saturated rings. The number of aromatic nitrogens is 1. The highest BCUT2D eigenvalue weighted by Crippen LogP contribution is 2.30. The van der Waals surface area contributed by atoms with Crippen molar-refractivity contribution in [1.29, 1.82) is 0 Å². The summed E-state index contributed by atoms with van der Waals surface area (Å²) < 4.78 is 0. The highest BCUT2D eigenvalue weighted by molar-refractivity contribution is 5.98. The zero-order valence-corrected chi connectivity index (χ0v) is 12.9. The second-order valence-corrected chi connectivity index (χ2v) is 6.08. The van der Waals surface area contributed by atoms with Crippen molar-refractivity contribution in [2.24, 2.45) is 0 Å². The first-order chi connectivity index (χ1) is 11.3. The predicted octanol–water partition coefficient (Wildman–Crippen LogP) is 4.04. The SMILES string of the molecule is O=C(c1ccc2ccccc2c1)N(Cc1ccncc1)C1CC1. The second-order valence-electron chi connectivity index (χ2n) is 6.08. The Morgan fingerprint density at radius 2 is 1.74 bits per heavy atom. The molecule has 1 saturated carbocycles. The van der Waals surface area contributed by atoms with E-state index in [1.807, 2.05) is 47.4 Å². The molecule has 3 nitrogen and oxygen atoms in total. The van der Waals surface area contributed by atoms with Crippen molar-refractivity contribution in [1.82, 2.24) is 9.88 Å². The summed E-state index contributed by atoms with van der Waals surface area (Å²) in [5, 5.41) is 2.27. The topological polar surface area (TPSA) is 33.2 Å². The molecule has 2 aromatic carbocycles. The van der Waals surface area contributed by atoms with Crippen LogP contribution in [0.3, 0.4) is 0 Å². The number of carbonyl (C=O) groups excluding carboxylic acids is 1. The first-order valence-electron chi connectivity index (χ1n) is 8.00. The quantitative estimate of drug-likeness (QED) is 0.728. The van der Waals surface area contributed by atoms with Gasteiger partial charge in [0.15, 0.2) is 0 Å². The third kappa shape index (κ3) is 2.95. The van der Waals surface area contributed by atoms with Gasteiger partial charge in [-0.3, -0.25) is 9.78 Å². The summed E-state index contributed by atoms with van der Waals surface area (Å²) in [6.45, 7) is 0.652. The lowest BCUT2D eigenvalue weighted by Crippen LogP contribution is -2.32. The van der Waals surface area contributed by atoms with Crippen molar-refractivity contribution >= 4 is 16.7 Å². The summed E-state index contributed by atoms with van der Waals surface area (Å²) in [4.78, 5) is 19.0. The lowest BCUT2D eigenvalue weighted by molar-refractivity contribution is 0.0730. The Kier molecular flexibility index (Phi) is 3.54. The van der Waals surface area contributed by atoms with Crippen LogP contribution in [0.15, 0.2) is 67.0 Å². The Labute approximate surface area is 135 Å². The first-order valence-corrected chi connectivity index (χ1v) is 8.00. The molecule has 1 aliphatic carbocycles. The first kappa shape index (κ1) is 13.9. The zero-order chi connectivity index (χ0) is 15.6. The van der Waals surface area contributed by atoms with E-state index in [4.69, 9.17) is 0 Å². The molecule has 1 heterocycles. The summed E-state index contributed by atoms with van der Waals surface area (Å²) in [6, 6.07) is 18.4. The fourth-order valence-corrected chi connectivity index (χ4v) is 2.93. The summed E-state index contributed by atoms with van der Waals surface area (Å²) in [5.41, 5.74) is 1.89. The van der Waals surface area contributed by atoms with E-state index in [0.29, 0.717) is 12.6 Å². The number of amides is 1. The molecule has 1 aliphatic rings. The molecule has 1 amide bonds. The fraction of sp³-hybridized carbons (Fsp3) is 0.200. The Bertz CT molecular complexity index is 840. The van der Waals surface area contributed by atoms with Crippen LogP contribution in [0.25, 0.3) is 10.8 Å². The van der Waals surface area contributed by atoms with Crippen LogP contribution in [0.2, 0.25) is 0 Å². The third-order valence-corrected chi connectivity index (χ3v) is 4.35. The minimum atomic E-state index is 0.120. The molecule has 0 radical (unpaired) electrons. The van der Waals surface area contributed by atoms with Crippen LogP contribution in [0.4, 0.5) is 0 Å². The Morgan fingerprint density at radius 1 is 1.00 bits per heavy atom. The van der Waals surface area contributed by atoms with Crippen molar-refractivity contribution in [2.75, 3.05) is 0 Å². The van der Waals surface area contributed by atoms with E-state index in [9.17, 15) is 4.79 Å². The van der Waals surface area contributed by atoms with Gasteiger partial charge in [0, 0.05) is 30.5 Å². The van der Waals surface area contributed by atoms with E-state index >= 15 is 0 Å². The zero-order valence-electron chi connectivity index (χ0n) is 12.9. The number of nitrogens with zero attached hydrogens (tertiary/aromatic N) is 2. The van der Waals surface area contributed by atoms with Crippen LogP contribution in [-0.2, 0) is 6.54 Å². The molecule has 0 saturated heterocycles. The van der Waals surface area contributed by atoms with Gasteiger partial charge in [0.2, 0.25) is 0 Å². The molecular weight excluding hydrogens is 284 g/mol. The van der Waals surface area contributed by atoms with E-state index in [1.165, 1.54) is 0 Å². The smallest absolute Gasteiger partial charge is 0.254 e. The largest absolute Gasteiger partial charge is 0.331 e. The fourth-order valence-electron chi connectivity index (χ4n) is 2.93. The summed E-state index contributed by atoms with van der Waals surface area (Å²) in [6.07, 6.45) is 5.76. The van der Waals surface area contributed by atoms with E-state index in [2.05, 4.69) is 17.1 Å². The highest BCUT2D eigenvalue weighted by atomic mass is 16.2. The van der Waals surface area contributed by atoms with Gasteiger partial charge in [0.25, 0.3) is 5.91 Å². The van der Waals surface area contributed by atoms with Gasteiger partial charge in [-0.15, -0.1) is 0 Å². The van der Waals surface area contributed by atoms with Gasteiger partial charge in [0.05, 0.1) is 0 Å². The molecule has 0 spiro atoms. The van der Waals surface area contributed by atoms with Crippen LogP contribution in [0.1, 0.15) is 28.8 Å². The molecular formula is C20H18N2O. The standard InChI is InChI=1S/C20H18N2O/c23-20(18-6-5-16-3-1-2-4-17(16)13-18)22(19-7-8-19)14-15-9-11-21-12-10-15/h1-6,9-13,19H,7-8,14H2. The molecule has 0 atom stereocenters. The Morgan fingerprint density at radius 3 is 2.48 bits per heavy atom. The molecule has 23 heavy (non-hydrogen) atoms. The van der Waals surface area contributed by atoms with Gasteiger partial charge in [-0.1, -0.05) is 30.3 Å². The van der Waals surface area contributed by atoms with Crippen molar-refractivity contribution in [3.05, 3.63) is 78.1 Å². The maximum Gasteiger partial charge on any atom is 0.254 e. The molecule has 4 rings (SSSR count). The van der Waals surface area contributed by atoms with Crippen LogP contribution in [-0.4, -0.2) is 21.8 Å². The second kappa shape index (κ2) is 5.84. The van der Waals surface area contributed by atoms with Crippen molar-refractivity contribution in [3.8, 4) is 0 Å². The van der Waals surface area contributed by atoms with Gasteiger partial charge in [-0.05, 0) is 53.4 Å². The number of rotatable bonds is 4. The average Bonchev–Trinajstić information content (AvgIpc) is 3.44. The Hall–Kier alpha value is -2.68. The molecule has 114 valence electrons. The van der Waals surface area contributed by atoms with Gasteiger partial charge in [0.1, 0.15) is 0 Å². The summed E-state index contributed by atoms with van der Waals surface area (Å²) >= 11 is 0. The minimum absolute atomic E-state index is 0.120. The third-order valence-electron chi connectivity index (χ3n) is 4.35.